The third-order valence-corrected chi connectivity index (χ3v) is 5.70. The topological polar surface area (TPSA) is 35.6 Å². The van der Waals surface area contributed by atoms with Crippen LogP contribution < -0.4 is 10.2 Å². The molecular formula is C18H27N3OS. The van der Waals surface area contributed by atoms with Crippen molar-refractivity contribution in [2.45, 2.75) is 24.7 Å². The lowest BCUT2D eigenvalue weighted by Gasteiger charge is -2.56. The predicted molar refractivity (Wildman–Crippen MR) is 98.1 cm³/mol. The van der Waals surface area contributed by atoms with Gasteiger partial charge in [-0.3, -0.25) is 4.79 Å². The van der Waals surface area contributed by atoms with E-state index in [0.29, 0.717) is 5.41 Å². The van der Waals surface area contributed by atoms with Gasteiger partial charge < -0.3 is 15.1 Å². The molecule has 2 fully saturated rings. The summed E-state index contributed by atoms with van der Waals surface area (Å²) in [5.74, 6) is 0. The number of aryl methyl sites for hydroxylation is 1. The van der Waals surface area contributed by atoms with Crippen LogP contribution in [0.5, 0.6) is 0 Å². The molecule has 0 unspecified atom stereocenters. The first-order valence-corrected chi connectivity index (χ1v) is 9.41. The molecule has 1 aromatic carbocycles. The molecule has 0 aromatic heterocycles. The van der Waals surface area contributed by atoms with E-state index in [1.165, 1.54) is 49.2 Å². The Labute approximate surface area is 143 Å². The van der Waals surface area contributed by atoms with Gasteiger partial charge >= 0.3 is 0 Å². The number of hydrogen-bond acceptors (Lipinski definition) is 5. The second-order valence-electron chi connectivity index (χ2n) is 7.00. The SMILES string of the molecule is CCCc1ccc(N(C)CCN2CC3(CNC3)C2)c(SC=O)c1. The van der Waals surface area contributed by atoms with Crippen LogP contribution in [-0.4, -0.2) is 56.8 Å². The zero-order valence-corrected chi connectivity index (χ0v) is 15.0. The van der Waals surface area contributed by atoms with Crippen molar-refractivity contribution in [2.75, 3.05) is 51.2 Å². The molecule has 0 amide bonds. The Morgan fingerprint density at radius 3 is 2.78 bits per heavy atom. The molecule has 2 heterocycles. The molecule has 2 aliphatic rings. The molecule has 0 bridgehead atoms. The van der Waals surface area contributed by atoms with Crippen molar-refractivity contribution in [3.63, 3.8) is 0 Å². The van der Waals surface area contributed by atoms with Crippen LogP contribution in [0.1, 0.15) is 18.9 Å². The van der Waals surface area contributed by atoms with Crippen molar-refractivity contribution in [1.29, 1.82) is 0 Å². The lowest BCUT2D eigenvalue weighted by molar-refractivity contribution is -0.0371. The Morgan fingerprint density at radius 1 is 1.39 bits per heavy atom. The van der Waals surface area contributed by atoms with Crippen molar-refractivity contribution in [3.8, 4) is 0 Å². The second kappa shape index (κ2) is 7.24. The van der Waals surface area contributed by atoms with E-state index in [-0.39, 0.29) is 0 Å². The van der Waals surface area contributed by atoms with Crippen LogP contribution in [0.2, 0.25) is 0 Å². The summed E-state index contributed by atoms with van der Waals surface area (Å²) in [6, 6.07) is 6.54. The molecule has 1 aromatic rings. The summed E-state index contributed by atoms with van der Waals surface area (Å²) < 4.78 is 0. The van der Waals surface area contributed by atoms with Crippen molar-refractivity contribution in [1.82, 2.24) is 10.2 Å². The van der Waals surface area contributed by atoms with Crippen molar-refractivity contribution < 1.29 is 4.79 Å². The van der Waals surface area contributed by atoms with Gasteiger partial charge in [0.1, 0.15) is 0 Å². The predicted octanol–water partition coefficient (Wildman–Crippen LogP) is 2.26. The largest absolute Gasteiger partial charge is 0.372 e. The summed E-state index contributed by atoms with van der Waals surface area (Å²) in [6.45, 7) is 9.14. The van der Waals surface area contributed by atoms with E-state index in [1.807, 2.05) is 0 Å². The Kier molecular flexibility index (Phi) is 5.29. The first-order valence-electron chi connectivity index (χ1n) is 8.53. The van der Waals surface area contributed by atoms with E-state index in [0.717, 1.165) is 36.4 Å². The number of nitrogens with one attached hydrogen (secondary N) is 1. The number of hydrogen-bond donors (Lipinski definition) is 1. The van der Waals surface area contributed by atoms with Crippen molar-refractivity contribution >= 4 is 23.1 Å². The van der Waals surface area contributed by atoms with E-state index in [1.54, 1.807) is 0 Å². The van der Waals surface area contributed by atoms with Crippen LogP contribution in [0.3, 0.4) is 0 Å². The molecule has 1 spiro atoms. The number of benzene rings is 1. The molecular weight excluding hydrogens is 306 g/mol. The van der Waals surface area contributed by atoms with Gasteiger partial charge in [-0.1, -0.05) is 31.2 Å². The highest BCUT2D eigenvalue weighted by Crippen LogP contribution is 2.34. The van der Waals surface area contributed by atoms with Gasteiger partial charge in [0.25, 0.3) is 0 Å². The molecule has 2 aliphatic heterocycles. The molecule has 3 rings (SSSR count). The number of likely N-dealkylation sites (tertiary alicyclic amines) is 1. The Morgan fingerprint density at radius 2 is 2.17 bits per heavy atom. The fraction of sp³-hybridized carbons (Fsp3) is 0.611. The smallest absolute Gasteiger partial charge is 0.181 e. The van der Waals surface area contributed by atoms with Crippen LogP contribution in [0.4, 0.5) is 5.69 Å². The van der Waals surface area contributed by atoms with Crippen molar-refractivity contribution in [3.05, 3.63) is 23.8 Å². The molecule has 0 saturated carbocycles. The van der Waals surface area contributed by atoms with E-state index in [4.69, 9.17) is 0 Å². The normalized spacial score (nSPS) is 19.2. The number of thioether (sulfide) groups is 1. The lowest BCUT2D eigenvalue weighted by Crippen LogP contribution is -2.71. The van der Waals surface area contributed by atoms with Gasteiger partial charge in [0.15, 0.2) is 5.62 Å². The minimum Gasteiger partial charge on any atom is -0.372 e. The fourth-order valence-electron chi connectivity index (χ4n) is 3.64. The second-order valence-corrected chi connectivity index (χ2v) is 7.87. The van der Waals surface area contributed by atoms with Crippen LogP contribution in [0.15, 0.2) is 23.1 Å². The molecule has 0 atom stereocenters. The van der Waals surface area contributed by atoms with Gasteiger partial charge in [-0.15, -0.1) is 0 Å². The number of rotatable bonds is 8. The Bertz CT molecular complexity index is 551. The molecule has 1 N–H and O–H groups in total. The summed E-state index contributed by atoms with van der Waals surface area (Å²) in [4.78, 5) is 16.9. The van der Waals surface area contributed by atoms with E-state index >= 15 is 0 Å². The Balaban J connectivity index is 1.57. The number of anilines is 1. The molecule has 5 heteroatoms. The van der Waals surface area contributed by atoms with Crippen LogP contribution in [0, 0.1) is 5.41 Å². The highest BCUT2D eigenvalue weighted by molar-refractivity contribution is 8.12. The van der Waals surface area contributed by atoms with Gasteiger partial charge in [-0.05, 0) is 24.1 Å². The minimum atomic E-state index is 0.596. The third kappa shape index (κ3) is 3.73. The highest BCUT2D eigenvalue weighted by Gasteiger charge is 2.46. The quantitative estimate of drug-likeness (QED) is 0.583. The summed E-state index contributed by atoms with van der Waals surface area (Å²) in [6.07, 6.45) is 2.20. The molecule has 0 aliphatic carbocycles. The maximum Gasteiger partial charge on any atom is 0.181 e. The van der Waals surface area contributed by atoms with Gasteiger partial charge in [-0.2, -0.15) is 0 Å². The standard InChI is InChI=1S/C18H27N3OS/c1-3-4-15-5-6-16(17(9-15)23-14-22)20(2)7-8-21-12-18(13-21)10-19-11-18/h5-6,9,14,19H,3-4,7-8,10-13H2,1-2H3. The van der Waals surface area contributed by atoms with Crippen LogP contribution >= 0.6 is 11.8 Å². The lowest BCUT2D eigenvalue weighted by atomic mass is 9.74. The molecule has 4 nitrogen and oxygen atoms in total. The minimum absolute atomic E-state index is 0.596. The maximum atomic E-state index is 11.0. The molecule has 0 radical (unpaired) electrons. The molecule has 23 heavy (non-hydrogen) atoms. The Hall–Kier alpha value is -1.04. The number of carbonyl (C=O) groups is 1. The van der Waals surface area contributed by atoms with Gasteiger partial charge in [0.2, 0.25) is 0 Å². The molecule has 126 valence electrons. The average Bonchev–Trinajstić information content (AvgIpc) is 2.45. The van der Waals surface area contributed by atoms with E-state index in [2.05, 4.69) is 47.3 Å². The highest BCUT2D eigenvalue weighted by atomic mass is 32.2. The van der Waals surface area contributed by atoms with Gasteiger partial charge in [0.05, 0.1) is 5.69 Å². The molecule has 2 saturated heterocycles. The average molecular weight is 334 g/mol. The van der Waals surface area contributed by atoms with E-state index < -0.39 is 0 Å². The van der Waals surface area contributed by atoms with E-state index in [9.17, 15) is 4.79 Å². The summed E-state index contributed by atoms with van der Waals surface area (Å²) in [5, 5.41) is 3.38. The van der Waals surface area contributed by atoms with Crippen molar-refractivity contribution in [2.24, 2.45) is 5.41 Å². The summed E-state index contributed by atoms with van der Waals surface area (Å²) in [5.41, 5.74) is 4.02. The van der Waals surface area contributed by atoms with Crippen LogP contribution in [0.25, 0.3) is 0 Å². The third-order valence-electron chi connectivity index (χ3n) is 5.02. The number of nitrogens with zero attached hydrogens (tertiary/aromatic N) is 2. The zero-order chi connectivity index (χ0) is 16.3. The first kappa shape index (κ1) is 16.8. The van der Waals surface area contributed by atoms with Crippen LogP contribution in [-0.2, 0) is 11.2 Å². The monoisotopic (exact) mass is 333 g/mol. The summed E-state index contributed by atoms with van der Waals surface area (Å²) in [7, 11) is 2.13. The van der Waals surface area contributed by atoms with Gasteiger partial charge in [0, 0.05) is 56.6 Å². The summed E-state index contributed by atoms with van der Waals surface area (Å²) >= 11 is 1.29. The maximum absolute atomic E-state index is 11.0. The van der Waals surface area contributed by atoms with Gasteiger partial charge in [-0.25, -0.2) is 0 Å². The zero-order valence-electron chi connectivity index (χ0n) is 14.2. The first-order chi connectivity index (χ1) is 11.2. The number of likely N-dealkylation sites (N-methyl/N-ethyl adjacent to an activating group) is 1. The number of carbonyl (C=O) groups excluding carboxylic acids is 1. The fourth-order valence-corrected chi connectivity index (χ4v) is 4.31.